The molecular formula is C9H9BrClF2N. The van der Waals surface area contributed by atoms with Gasteiger partial charge < -0.3 is 5.73 Å². The third-order valence-electron chi connectivity index (χ3n) is 1.79. The number of rotatable bonds is 3. The van der Waals surface area contributed by atoms with Crippen LogP contribution in [0.3, 0.4) is 0 Å². The highest BCUT2D eigenvalue weighted by Crippen LogP contribution is 2.23. The van der Waals surface area contributed by atoms with Crippen molar-refractivity contribution in [2.24, 2.45) is 5.73 Å². The van der Waals surface area contributed by atoms with Crippen molar-refractivity contribution >= 4 is 27.5 Å². The maximum atomic E-state index is 12.2. The highest BCUT2D eigenvalue weighted by molar-refractivity contribution is 9.10. The van der Waals surface area contributed by atoms with E-state index in [1.165, 1.54) is 0 Å². The topological polar surface area (TPSA) is 26.0 Å². The van der Waals surface area contributed by atoms with Gasteiger partial charge in [-0.25, -0.2) is 8.78 Å². The smallest absolute Gasteiger partial charge is 0.253 e. The van der Waals surface area contributed by atoms with E-state index < -0.39 is 12.5 Å². The second-order valence-electron chi connectivity index (χ2n) is 2.94. The SMILES string of the molecule is NC(Cc1ccc(Cl)cc1Br)C(F)F. The number of nitrogens with two attached hydrogens (primary N) is 1. The normalized spacial score (nSPS) is 13.3. The molecule has 0 heterocycles. The van der Waals surface area contributed by atoms with E-state index in [4.69, 9.17) is 17.3 Å². The lowest BCUT2D eigenvalue weighted by Gasteiger charge is -2.11. The minimum absolute atomic E-state index is 0.134. The van der Waals surface area contributed by atoms with E-state index in [-0.39, 0.29) is 6.42 Å². The minimum atomic E-state index is -2.50. The van der Waals surface area contributed by atoms with Gasteiger partial charge in [-0.05, 0) is 24.1 Å². The van der Waals surface area contributed by atoms with E-state index in [1.807, 2.05) is 0 Å². The third kappa shape index (κ3) is 3.19. The molecule has 1 nitrogen and oxygen atoms in total. The Balaban J connectivity index is 2.77. The summed E-state index contributed by atoms with van der Waals surface area (Å²) in [7, 11) is 0. The van der Waals surface area contributed by atoms with Crippen molar-refractivity contribution in [1.29, 1.82) is 0 Å². The highest BCUT2D eigenvalue weighted by Gasteiger charge is 2.16. The molecule has 14 heavy (non-hydrogen) atoms. The summed E-state index contributed by atoms with van der Waals surface area (Å²) in [5.41, 5.74) is 5.99. The van der Waals surface area contributed by atoms with E-state index in [9.17, 15) is 8.78 Å². The van der Waals surface area contributed by atoms with Gasteiger partial charge in [0.2, 0.25) is 0 Å². The van der Waals surface area contributed by atoms with Crippen LogP contribution in [0.5, 0.6) is 0 Å². The van der Waals surface area contributed by atoms with Crippen LogP contribution in [0.25, 0.3) is 0 Å². The van der Waals surface area contributed by atoms with Crippen LogP contribution in [-0.4, -0.2) is 12.5 Å². The first-order valence-corrected chi connectivity index (χ1v) is 5.15. The van der Waals surface area contributed by atoms with E-state index in [1.54, 1.807) is 18.2 Å². The second-order valence-corrected chi connectivity index (χ2v) is 4.23. The molecule has 0 aliphatic heterocycles. The summed E-state index contributed by atoms with van der Waals surface area (Å²) in [6.07, 6.45) is -2.37. The van der Waals surface area contributed by atoms with Gasteiger partial charge in [-0.3, -0.25) is 0 Å². The molecule has 0 aliphatic carbocycles. The summed E-state index contributed by atoms with van der Waals surface area (Å²) in [6, 6.07) is 3.87. The molecule has 0 bridgehead atoms. The fraction of sp³-hybridized carbons (Fsp3) is 0.333. The monoisotopic (exact) mass is 283 g/mol. The van der Waals surface area contributed by atoms with Gasteiger partial charge in [-0.1, -0.05) is 33.6 Å². The van der Waals surface area contributed by atoms with Gasteiger partial charge in [0.1, 0.15) is 0 Å². The van der Waals surface area contributed by atoms with Crippen LogP contribution in [0, 0.1) is 0 Å². The predicted molar refractivity (Wildman–Crippen MR) is 56.8 cm³/mol. The van der Waals surface area contributed by atoms with Crippen LogP contribution in [0.15, 0.2) is 22.7 Å². The van der Waals surface area contributed by atoms with Crippen LogP contribution >= 0.6 is 27.5 Å². The Bertz CT molecular complexity index is 320. The maximum Gasteiger partial charge on any atom is 0.253 e. The minimum Gasteiger partial charge on any atom is -0.323 e. The number of hydrogen-bond acceptors (Lipinski definition) is 1. The van der Waals surface area contributed by atoms with Crippen molar-refractivity contribution in [2.45, 2.75) is 18.9 Å². The molecule has 0 saturated heterocycles. The molecule has 1 aromatic rings. The summed E-state index contributed by atoms with van der Waals surface area (Å²) in [6.45, 7) is 0. The zero-order valence-corrected chi connectivity index (χ0v) is 9.52. The lowest BCUT2D eigenvalue weighted by atomic mass is 10.1. The Hall–Kier alpha value is -0.190. The fourth-order valence-electron chi connectivity index (χ4n) is 1.03. The molecule has 0 aliphatic rings. The molecule has 5 heteroatoms. The average Bonchev–Trinajstić information content (AvgIpc) is 2.09. The summed E-state index contributed by atoms with van der Waals surface area (Å²) in [5.74, 6) is 0. The average molecular weight is 285 g/mol. The van der Waals surface area contributed by atoms with Gasteiger partial charge in [0.25, 0.3) is 6.43 Å². The van der Waals surface area contributed by atoms with Crippen molar-refractivity contribution in [3.63, 3.8) is 0 Å². The summed E-state index contributed by atoms with van der Waals surface area (Å²) >= 11 is 8.95. The summed E-state index contributed by atoms with van der Waals surface area (Å²) in [5, 5.41) is 0.561. The molecule has 1 unspecified atom stereocenters. The summed E-state index contributed by atoms with van der Waals surface area (Å²) < 4.78 is 25.0. The Labute approximate surface area is 94.4 Å². The molecule has 2 N–H and O–H groups in total. The van der Waals surface area contributed by atoms with Crippen LogP contribution < -0.4 is 5.73 Å². The summed E-state index contributed by atoms with van der Waals surface area (Å²) in [4.78, 5) is 0. The predicted octanol–water partition coefficient (Wildman–Crippen LogP) is 3.24. The van der Waals surface area contributed by atoms with E-state index in [2.05, 4.69) is 15.9 Å². The molecule has 0 radical (unpaired) electrons. The Morgan fingerprint density at radius 2 is 2.07 bits per heavy atom. The molecule has 78 valence electrons. The fourth-order valence-corrected chi connectivity index (χ4v) is 1.87. The number of benzene rings is 1. The van der Waals surface area contributed by atoms with Crippen molar-refractivity contribution in [2.75, 3.05) is 0 Å². The molecule has 1 aromatic carbocycles. The van der Waals surface area contributed by atoms with Crippen molar-refractivity contribution in [1.82, 2.24) is 0 Å². The van der Waals surface area contributed by atoms with E-state index in [0.717, 1.165) is 5.56 Å². The molecule has 0 aromatic heterocycles. The van der Waals surface area contributed by atoms with Crippen LogP contribution in [0.1, 0.15) is 5.56 Å². The quantitative estimate of drug-likeness (QED) is 0.906. The van der Waals surface area contributed by atoms with Gasteiger partial charge in [-0.2, -0.15) is 0 Å². The first-order valence-electron chi connectivity index (χ1n) is 3.98. The van der Waals surface area contributed by atoms with Crippen LogP contribution in [0.2, 0.25) is 5.02 Å². The van der Waals surface area contributed by atoms with Crippen molar-refractivity contribution in [3.05, 3.63) is 33.3 Å². The largest absolute Gasteiger partial charge is 0.323 e. The molecule has 0 fully saturated rings. The van der Waals surface area contributed by atoms with Gasteiger partial charge in [0, 0.05) is 9.50 Å². The second kappa shape index (κ2) is 5.05. The zero-order chi connectivity index (χ0) is 10.7. The first-order chi connectivity index (χ1) is 6.50. The zero-order valence-electron chi connectivity index (χ0n) is 7.18. The Kier molecular flexibility index (Phi) is 4.29. The number of alkyl halides is 2. The molecule has 1 atom stereocenters. The first kappa shape index (κ1) is 11.9. The van der Waals surface area contributed by atoms with Crippen LogP contribution in [-0.2, 0) is 6.42 Å². The number of halogens is 4. The molecule has 0 amide bonds. The lowest BCUT2D eigenvalue weighted by molar-refractivity contribution is 0.116. The number of hydrogen-bond donors (Lipinski definition) is 1. The third-order valence-corrected chi connectivity index (χ3v) is 2.77. The van der Waals surface area contributed by atoms with Crippen LogP contribution in [0.4, 0.5) is 8.78 Å². The standard InChI is InChI=1S/C9H9BrClF2N/c10-7-4-6(11)2-1-5(7)3-8(14)9(12)13/h1-2,4,8-9H,3,14H2. The molecule has 1 rings (SSSR count). The van der Waals surface area contributed by atoms with Gasteiger partial charge in [0.05, 0.1) is 6.04 Å². The highest BCUT2D eigenvalue weighted by atomic mass is 79.9. The van der Waals surface area contributed by atoms with Gasteiger partial charge in [-0.15, -0.1) is 0 Å². The Morgan fingerprint density at radius 1 is 1.43 bits per heavy atom. The molecule has 0 spiro atoms. The van der Waals surface area contributed by atoms with E-state index >= 15 is 0 Å². The molecular weight excluding hydrogens is 275 g/mol. The van der Waals surface area contributed by atoms with Gasteiger partial charge in [0.15, 0.2) is 0 Å². The lowest BCUT2D eigenvalue weighted by Crippen LogP contribution is -2.31. The maximum absolute atomic E-state index is 12.2. The molecule has 0 saturated carbocycles. The van der Waals surface area contributed by atoms with E-state index in [0.29, 0.717) is 9.50 Å². The van der Waals surface area contributed by atoms with Gasteiger partial charge >= 0.3 is 0 Å². The van der Waals surface area contributed by atoms with Crippen molar-refractivity contribution in [3.8, 4) is 0 Å². The van der Waals surface area contributed by atoms with Crippen molar-refractivity contribution < 1.29 is 8.78 Å². The Morgan fingerprint density at radius 3 is 2.57 bits per heavy atom.